The molecule has 0 aliphatic heterocycles. The van der Waals surface area contributed by atoms with Gasteiger partial charge in [0.25, 0.3) is 5.91 Å². The van der Waals surface area contributed by atoms with Crippen LogP contribution in [0.2, 0.25) is 0 Å². The molecular weight excluding hydrogens is 520 g/mol. The van der Waals surface area contributed by atoms with Gasteiger partial charge in [0.1, 0.15) is 11.5 Å². The quantitative estimate of drug-likeness (QED) is 0.426. The Labute approximate surface area is 170 Å². The predicted octanol–water partition coefficient (Wildman–Crippen LogP) is 4.83. The van der Waals surface area contributed by atoms with E-state index in [1.54, 1.807) is 6.07 Å². The fraction of sp³-hybridized carbons (Fsp3) is 0.176. The van der Waals surface area contributed by atoms with Crippen molar-refractivity contribution in [1.29, 1.82) is 0 Å². The first-order chi connectivity index (χ1) is 11.8. The van der Waals surface area contributed by atoms with E-state index < -0.39 is 0 Å². The smallest absolute Gasteiger partial charge is 0.277 e. The summed E-state index contributed by atoms with van der Waals surface area (Å²) in [6, 6.07) is 7.44. The molecule has 5 nitrogen and oxygen atoms in total. The molecule has 0 aromatic heterocycles. The summed E-state index contributed by atoms with van der Waals surface area (Å²) >= 11 is 9.89. The van der Waals surface area contributed by atoms with E-state index in [1.807, 2.05) is 32.0 Å². The van der Waals surface area contributed by atoms with Crippen molar-refractivity contribution in [1.82, 2.24) is 5.43 Å². The maximum absolute atomic E-state index is 11.8. The van der Waals surface area contributed by atoms with Crippen molar-refractivity contribution < 1.29 is 14.6 Å². The Kier molecular flexibility index (Phi) is 7.04. The molecule has 0 bridgehead atoms. The van der Waals surface area contributed by atoms with Crippen molar-refractivity contribution >= 4 is 59.9 Å². The van der Waals surface area contributed by atoms with Crippen molar-refractivity contribution in [3.63, 3.8) is 0 Å². The normalized spacial score (nSPS) is 10.9. The minimum Gasteiger partial charge on any atom is -0.506 e. The topological polar surface area (TPSA) is 70.9 Å². The molecule has 0 radical (unpaired) electrons. The van der Waals surface area contributed by atoms with Crippen LogP contribution in [-0.2, 0) is 4.79 Å². The summed E-state index contributed by atoms with van der Waals surface area (Å²) in [5, 5.41) is 13.8. The number of hydrogen-bond acceptors (Lipinski definition) is 4. The lowest BCUT2D eigenvalue weighted by Gasteiger charge is -2.08. The highest BCUT2D eigenvalue weighted by Crippen LogP contribution is 2.38. The number of carbonyl (C=O) groups excluding carboxylic acids is 1. The van der Waals surface area contributed by atoms with E-state index in [4.69, 9.17) is 4.74 Å². The second kappa shape index (κ2) is 8.82. The fourth-order valence-corrected chi connectivity index (χ4v) is 4.40. The summed E-state index contributed by atoms with van der Waals surface area (Å²) in [5.41, 5.74) is 5.12. The number of benzene rings is 2. The number of aryl methyl sites for hydroxylation is 2. The van der Waals surface area contributed by atoms with Crippen LogP contribution in [0.4, 0.5) is 0 Å². The first-order valence-corrected chi connectivity index (χ1v) is 9.55. The van der Waals surface area contributed by atoms with Crippen molar-refractivity contribution in [2.24, 2.45) is 5.10 Å². The molecule has 0 heterocycles. The minimum absolute atomic E-state index is 0.0501. The van der Waals surface area contributed by atoms with Gasteiger partial charge in [-0.1, -0.05) is 22.0 Å². The number of hydrogen-bond donors (Lipinski definition) is 2. The number of amides is 1. The molecule has 25 heavy (non-hydrogen) atoms. The number of phenolic OH excluding ortho intramolecular Hbond substituents is 1. The van der Waals surface area contributed by atoms with Crippen molar-refractivity contribution in [3.05, 3.63) is 54.4 Å². The van der Waals surface area contributed by atoms with E-state index in [9.17, 15) is 9.90 Å². The molecule has 2 rings (SSSR count). The van der Waals surface area contributed by atoms with Gasteiger partial charge in [0.05, 0.1) is 15.2 Å². The van der Waals surface area contributed by atoms with Crippen LogP contribution < -0.4 is 10.2 Å². The average Bonchev–Trinajstić information content (AvgIpc) is 2.53. The van der Waals surface area contributed by atoms with Crippen LogP contribution in [0, 0.1) is 13.8 Å². The Bertz CT molecular complexity index is 818. The van der Waals surface area contributed by atoms with Gasteiger partial charge < -0.3 is 9.84 Å². The number of phenols is 1. The molecule has 0 fully saturated rings. The first-order valence-electron chi connectivity index (χ1n) is 7.17. The highest BCUT2D eigenvalue weighted by molar-refractivity contribution is 9.11. The molecular formula is C17H15Br3N2O3. The van der Waals surface area contributed by atoms with E-state index in [0.717, 1.165) is 11.1 Å². The van der Waals surface area contributed by atoms with Gasteiger partial charge in [-0.2, -0.15) is 5.10 Å². The Morgan fingerprint density at radius 1 is 1.16 bits per heavy atom. The third-order valence-corrected chi connectivity index (χ3v) is 5.19. The van der Waals surface area contributed by atoms with Crippen LogP contribution in [0.5, 0.6) is 11.5 Å². The third-order valence-electron chi connectivity index (χ3n) is 3.13. The molecule has 0 atom stereocenters. The summed E-state index contributed by atoms with van der Waals surface area (Å²) in [5.74, 6) is 0.304. The number of rotatable bonds is 5. The van der Waals surface area contributed by atoms with Crippen LogP contribution >= 0.6 is 47.8 Å². The molecule has 0 unspecified atom stereocenters. The molecule has 8 heteroatoms. The second-order valence-electron chi connectivity index (χ2n) is 5.32. The third kappa shape index (κ3) is 5.55. The molecule has 1 amide bonds. The molecule has 0 saturated heterocycles. The standard InChI is InChI=1S/C17H15Br3N2O3/c1-9-3-10(2)5-11(4-9)25-8-15(23)22-21-7-12-13(18)6-14(19)17(24)16(12)20/h3-7,24H,8H2,1-2H3,(H,22,23)/b21-7+. The Morgan fingerprint density at radius 3 is 2.44 bits per heavy atom. The van der Waals surface area contributed by atoms with Gasteiger partial charge >= 0.3 is 0 Å². The Morgan fingerprint density at radius 2 is 1.80 bits per heavy atom. The molecule has 132 valence electrons. The average molecular weight is 535 g/mol. The maximum Gasteiger partial charge on any atom is 0.277 e. The second-order valence-corrected chi connectivity index (χ2v) is 7.82. The van der Waals surface area contributed by atoms with Crippen LogP contribution in [0.25, 0.3) is 0 Å². The molecule has 0 aliphatic carbocycles. The molecule has 2 N–H and O–H groups in total. The number of halogens is 3. The first kappa shape index (κ1) is 19.9. The number of hydrazone groups is 1. The van der Waals surface area contributed by atoms with Crippen LogP contribution in [-0.4, -0.2) is 23.8 Å². The van der Waals surface area contributed by atoms with Crippen LogP contribution in [0.3, 0.4) is 0 Å². The molecule has 2 aromatic carbocycles. The zero-order valence-electron chi connectivity index (χ0n) is 13.4. The van der Waals surface area contributed by atoms with E-state index in [-0.39, 0.29) is 18.3 Å². The molecule has 2 aromatic rings. The van der Waals surface area contributed by atoms with Gasteiger partial charge in [-0.25, -0.2) is 5.43 Å². The van der Waals surface area contributed by atoms with Gasteiger partial charge in [-0.15, -0.1) is 0 Å². The predicted molar refractivity (Wildman–Crippen MR) is 108 cm³/mol. The van der Waals surface area contributed by atoms with Crippen LogP contribution in [0.15, 0.2) is 42.8 Å². The number of nitrogens with zero attached hydrogens (tertiary/aromatic N) is 1. The lowest BCUT2D eigenvalue weighted by atomic mass is 10.1. The van der Waals surface area contributed by atoms with Crippen LogP contribution in [0.1, 0.15) is 16.7 Å². The monoisotopic (exact) mass is 532 g/mol. The van der Waals surface area contributed by atoms with Crippen molar-refractivity contribution in [2.45, 2.75) is 13.8 Å². The Balaban J connectivity index is 1.96. The lowest BCUT2D eigenvalue weighted by Crippen LogP contribution is -2.24. The Hall–Kier alpha value is -1.38. The zero-order chi connectivity index (χ0) is 18.6. The van der Waals surface area contributed by atoms with Crippen molar-refractivity contribution in [3.8, 4) is 11.5 Å². The molecule has 0 spiro atoms. The summed E-state index contributed by atoms with van der Waals surface area (Å²) < 4.78 is 7.16. The van der Waals surface area contributed by atoms with Crippen molar-refractivity contribution in [2.75, 3.05) is 6.61 Å². The molecule has 0 saturated carbocycles. The number of nitrogens with one attached hydrogen (secondary N) is 1. The van der Waals surface area contributed by atoms with E-state index in [2.05, 4.69) is 58.3 Å². The summed E-state index contributed by atoms with van der Waals surface area (Å²) in [6.45, 7) is 3.79. The summed E-state index contributed by atoms with van der Waals surface area (Å²) in [6.07, 6.45) is 1.43. The van der Waals surface area contributed by atoms with Gasteiger partial charge in [0.15, 0.2) is 6.61 Å². The minimum atomic E-state index is -0.385. The fourth-order valence-electron chi connectivity index (χ4n) is 2.08. The maximum atomic E-state index is 11.8. The number of ether oxygens (including phenoxy) is 1. The van der Waals surface area contributed by atoms with E-state index in [0.29, 0.717) is 24.7 Å². The van der Waals surface area contributed by atoms with Gasteiger partial charge in [-0.05, 0) is 75.0 Å². The zero-order valence-corrected chi connectivity index (χ0v) is 18.2. The number of aromatic hydroxyl groups is 1. The van der Waals surface area contributed by atoms with E-state index in [1.165, 1.54) is 6.21 Å². The van der Waals surface area contributed by atoms with Gasteiger partial charge in [0, 0.05) is 10.0 Å². The summed E-state index contributed by atoms with van der Waals surface area (Å²) in [7, 11) is 0. The SMILES string of the molecule is Cc1cc(C)cc(OCC(=O)N/N=C/c2c(Br)cc(Br)c(O)c2Br)c1. The molecule has 0 aliphatic rings. The van der Waals surface area contributed by atoms with E-state index >= 15 is 0 Å². The number of carbonyl (C=O) groups is 1. The highest BCUT2D eigenvalue weighted by Gasteiger charge is 2.12. The largest absolute Gasteiger partial charge is 0.506 e. The lowest BCUT2D eigenvalue weighted by molar-refractivity contribution is -0.123. The highest BCUT2D eigenvalue weighted by atomic mass is 79.9. The van der Waals surface area contributed by atoms with Gasteiger partial charge in [0.2, 0.25) is 0 Å². The summed E-state index contributed by atoms with van der Waals surface area (Å²) in [4.78, 5) is 11.8. The van der Waals surface area contributed by atoms with Gasteiger partial charge in [-0.3, -0.25) is 4.79 Å².